The average molecular weight is 305 g/mol. The van der Waals surface area contributed by atoms with Gasteiger partial charge < -0.3 is 4.90 Å². The Morgan fingerprint density at radius 1 is 1.31 bits per heavy atom. The van der Waals surface area contributed by atoms with E-state index in [2.05, 4.69) is 30.7 Å². The van der Waals surface area contributed by atoms with Crippen molar-refractivity contribution < 1.29 is 0 Å². The van der Waals surface area contributed by atoms with Crippen LogP contribution in [0.5, 0.6) is 0 Å². The van der Waals surface area contributed by atoms with E-state index in [-0.39, 0.29) is 0 Å². The first kappa shape index (κ1) is 12.1. The van der Waals surface area contributed by atoms with Gasteiger partial charge in [-0.1, -0.05) is 27.5 Å². The van der Waals surface area contributed by atoms with Gasteiger partial charge >= 0.3 is 0 Å². The number of anilines is 1. The molecule has 3 nitrogen and oxygen atoms in total. The molecular weight excluding hydrogens is 289 g/mol. The molecule has 0 bridgehead atoms. The van der Waals surface area contributed by atoms with Crippen molar-refractivity contribution in [3.8, 4) is 0 Å². The maximum atomic E-state index is 6.13. The molecule has 0 amide bonds. The van der Waals surface area contributed by atoms with Crippen LogP contribution in [-0.2, 0) is 0 Å². The first-order valence-electron chi connectivity index (χ1n) is 5.44. The molecule has 0 saturated carbocycles. The van der Waals surface area contributed by atoms with Gasteiger partial charge in [0.25, 0.3) is 0 Å². The Hall–Kier alpha value is -0.320. The predicted octanol–water partition coefficient (Wildman–Crippen LogP) is 2.25. The molecule has 0 spiro atoms. The second kappa shape index (κ2) is 5.84. The normalized spacial score (nSPS) is 17.8. The molecule has 88 valence electrons. The second-order valence-corrected chi connectivity index (χ2v) is 5.04. The summed E-state index contributed by atoms with van der Waals surface area (Å²) in [5, 5.41) is 1.79. The lowest BCUT2D eigenvalue weighted by Crippen LogP contribution is -2.47. The van der Waals surface area contributed by atoms with Crippen LogP contribution in [0.4, 0.5) is 5.69 Å². The highest BCUT2D eigenvalue weighted by Crippen LogP contribution is 2.24. The van der Waals surface area contributed by atoms with Gasteiger partial charge in [-0.25, -0.2) is 0 Å². The van der Waals surface area contributed by atoms with Gasteiger partial charge in [0.2, 0.25) is 0 Å². The topological polar surface area (TPSA) is 19.4 Å². The van der Waals surface area contributed by atoms with E-state index in [0.29, 0.717) is 0 Å². The Kier molecular flexibility index (Phi) is 4.44. The Morgan fingerprint density at radius 3 is 2.69 bits per heavy atom. The number of aromatic nitrogens is 1. The molecule has 16 heavy (non-hydrogen) atoms. The third-order valence-corrected chi connectivity index (χ3v) is 3.51. The van der Waals surface area contributed by atoms with E-state index in [1.165, 1.54) is 0 Å². The molecule has 0 N–H and O–H groups in total. The van der Waals surface area contributed by atoms with Crippen molar-refractivity contribution in [2.75, 3.05) is 43.0 Å². The lowest BCUT2D eigenvalue weighted by atomic mass is 10.2. The van der Waals surface area contributed by atoms with Gasteiger partial charge in [0.1, 0.15) is 0 Å². The summed E-state index contributed by atoms with van der Waals surface area (Å²) in [7, 11) is 0. The number of piperazine rings is 1. The third-order valence-electron chi connectivity index (χ3n) is 2.86. The van der Waals surface area contributed by atoms with E-state index >= 15 is 0 Å². The molecular formula is C11H15BrClN3. The molecule has 0 aliphatic carbocycles. The largest absolute Gasteiger partial charge is 0.368 e. The summed E-state index contributed by atoms with van der Waals surface area (Å²) in [6, 6.07) is 1.99. The number of halogens is 2. The van der Waals surface area contributed by atoms with Gasteiger partial charge in [0.15, 0.2) is 0 Å². The molecule has 2 heterocycles. The summed E-state index contributed by atoms with van der Waals surface area (Å²) in [4.78, 5) is 8.80. The van der Waals surface area contributed by atoms with Crippen LogP contribution in [0, 0.1) is 0 Å². The molecule has 0 unspecified atom stereocenters. The Morgan fingerprint density at radius 2 is 2.06 bits per heavy atom. The van der Waals surface area contributed by atoms with Gasteiger partial charge in [-0.05, 0) is 6.07 Å². The maximum absolute atomic E-state index is 6.13. The van der Waals surface area contributed by atoms with Gasteiger partial charge in [-0.3, -0.25) is 9.88 Å². The van der Waals surface area contributed by atoms with Crippen LogP contribution in [0.25, 0.3) is 0 Å². The van der Waals surface area contributed by atoms with E-state index in [4.69, 9.17) is 11.6 Å². The minimum absolute atomic E-state index is 0.747. The fourth-order valence-electron chi connectivity index (χ4n) is 1.96. The molecule has 2 rings (SSSR count). The van der Waals surface area contributed by atoms with Crippen molar-refractivity contribution in [2.45, 2.75) is 0 Å². The van der Waals surface area contributed by atoms with E-state index in [9.17, 15) is 0 Å². The van der Waals surface area contributed by atoms with Crippen LogP contribution in [0.3, 0.4) is 0 Å². The maximum Gasteiger partial charge on any atom is 0.0822 e. The van der Waals surface area contributed by atoms with Gasteiger partial charge in [-0.15, -0.1) is 0 Å². The smallest absolute Gasteiger partial charge is 0.0822 e. The Balaban J connectivity index is 1.96. The van der Waals surface area contributed by atoms with Crippen LogP contribution in [0.15, 0.2) is 18.5 Å². The lowest BCUT2D eigenvalue weighted by Gasteiger charge is -2.36. The van der Waals surface area contributed by atoms with Crippen molar-refractivity contribution in [2.24, 2.45) is 0 Å². The highest BCUT2D eigenvalue weighted by molar-refractivity contribution is 9.09. The number of hydrogen-bond acceptors (Lipinski definition) is 3. The van der Waals surface area contributed by atoms with Gasteiger partial charge in [0, 0.05) is 50.4 Å². The zero-order chi connectivity index (χ0) is 11.4. The number of alkyl halides is 1. The molecule has 1 aliphatic rings. The highest BCUT2D eigenvalue weighted by Gasteiger charge is 2.17. The highest BCUT2D eigenvalue weighted by atomic mass is 79.9. The molecule has 0 aromatic carbocycles. The second-order valence-electron chi connectivity index (χ2n) is 3.84. The molecule has 1 fully saturated rings. The van der Waals surface area contributed by atoms with E-state index < -0.39 is 0 Å². The van der Waals surface area contributed by atoms with Crippen molar-refractivity contribution in [1.82, 2.24) is 9.88 Å². The van der Waals surface area contributed by atoms with Crippen molar-refractivity contribution in [3.05, 3.63) is 23.5 Å². The summed E-state index contributed by atoms with van der Waals surface area (Å²) in [5.74, 6) is 0. The number of nitrogens with zero attached hydrogens (tertiary/aromatic N) is 3. The number of rotatable bonds is 3. The lowest BCUT2D eigenvalue weighted by molar-refractivity contribution is 0.274. The summed E-state index contributed by atoms with van der Waals surface area (Å²) < 4.78 is 0. The van der Waals surface area contributed by atoms with Crippen LogP contribution >= 0.6 is 27.5 Å². The minimum atomic E-state index is 0.747. The van der Waals surface area contributed by atoms with E-state index in [0.717, 1.165) is 48.8 Å². The first-order valence-corrected chi connectivity index (χ1v) is 6.94. The number of hydrogen-bond donors (Lipinski definition) is 0. The zero-order valence-electron chi connectivity index (χ0n) is 9.07. The summed E-state index contributed by atoms with van der Waals surface area (Å²) in [6.45, 7) is 5.40. The summed E-state index contributed by atoms with van der Waals surface area (Å²) >= 11 is 9.60. The van der Waals surface area contributed by atoms with Crippen LogP contribution in [-0.4, -0.2) is 47.9 Å². The molecule has 1 aromatic heterocycles. The van der Waals surface area contributed by atoms with Crippen molar-refractivity contribution in [1.29, 1.82) is 0 Å². The molecule has 0 atom stereocenters. The quantitative estimate of drug-likeness (QED) is 0.799. The number of pyridine rings is 1. The van der Waals surface area contributed by atoms with Crippen LogP contribution < -0.4 is 4.90 Å². The average Bonchev–Trinajstić information content (AvgIpc) is 2.31. The Bertz CT molecular complexity index is 340. The molecule has 1 aromatic rings. The molecule has 0 radical (unpaired) electrons. The minimum Gasteiger partial charge on any atom is -0.368 e. The standard InChI is InChI=1S/C11H15BrClN3/c12-2-4-15-5-7-16(8-6-15)11-1-3-14-9-10(11)13/h1,3,9H,2,4-8H2. The van der Waals surface area contributed by atoms with Crippen molar-refractivity contribution in [3.63, 3.8) is 0 Å². The fourth-order valence-corrected chi connectivity index (χ4v) is 2.70. The molecule has 1 aliphatic heterocycles. The SMILES string of the molecule is Clc1cnccc1N1CCN(CCBr)CC1. The predicted molar refractivity (Wildman–Crippen MR) is 71.7 cm³/mol. The van der Waals surface area contributed by atoms with Crippen LogP contribution in [0.2, 0.25) is 5.02 Å². The van der Waals surface area contributed by atoms with E-state index in [1.54, 1.807) is 12.4 Å². The van der Waals surface area contributed by atoms with Crippen LogP contribution in [0.1, 0.15) is 0 Å². The molecule has 5 heteroatoms. The molecule has 1 saturated heterocycles. The monoisotopic (exact) mass is 303 g/mol. The first-order chi connectivity index (χ1) is 7.81. The van der Waals surface area contributed by atoms with Gasteiger partial charge in [-0.2, -0.15) is 0 Å². The van der Waals surface area contributed by atoms with E-state index in [1.807, 2.05) is 6.07 Å². The zero-order valence-corrected chi connectivity index (χ0v) is 11.4. The fraction of sp³-hybridized carbons (Fsp3) is 0.545. The van der Waals surface area contributed by atoms with Gasteiger partial charge in [0.05, 0.1) is 10.7 Å². The Labute approximate surface area is 110 Å². The summed E-state index contributed by atoms with van der Waals surface area (Å²) in [5.41, 5.74) is 1.11. The van der Waals surface area contributed by atoms with Crippen molar-refractivity contribution >= 4 is 33.2 Å². The summed E-state index contributed by atoms with van der Waals surface area (Å²) in [6.07, 6.45) is 3.51. The third kappa shape index (κ3) is 2.87.